The van der Waals surface area contributed by atoms with E-state index in [9.17, 15) is 9.90 Å². The fraction of sp³-hybridized carbons (Fsp3) is 0.289. The maximum absolute atomic E-state index is 11.2. The summed E-state index contributed by atoms with van der Waals surface area (Å²) in [5, 5.41) is 9.18. The number of carboxylic acid groups (broad SMARTS) is 1. The summed E-state index contributed by atoms with van der Waals surface area (Å²) in [5.74, 6) is 2.45. The number of aryl methyl sites for hydroxylation is 2. The molecule has 0 atom stereocenters. The predicted octanol–water partition coefficient (Wildman–Crippen LogP) is 9.59. The molecule has 1 aliphatic carbocycles. The van der Waals surface area contributed by atoms with Crippen molar-refractivity contribution in [2.24, 2.45) is 0 Å². The van der Waals surface area contributed by atoms with Crippen LogP contribution in [-0.4, -0.2) is 30.4 Å². The van der Waals surface area contributed by atoms with Gasteiger partial charge in [-0.2, -0.15) is 0 Å². The zero-order valence-corrected chi connectivity index (χ0v) is 25.9. The van der Waals surface area contributed by atoms with Crippen molar-refractivity contribution in [3.05, 3.63) is 102 Å². The monoisotopic (exact) mass is 598 g/mol. The molecule has 45 heavy (non-hydrogen) atoms. The Kier molecular flexibility index (Phi) is 7.84. The van der Waals surface area contributed by atoms with Crippen molar-refractivity contribution in [3.63, 3.8) is 0 Å². The average molecular weight is 599 g/mol. The van der Waals surface area contributed by atoms with E-state index in [-0.39, 0.29) is 0 Å². The van der Waals surface area contributed by atoms with Crippen molar-refractivity contribution in [2.75, 3.05) is 0 Å². The minimum absolute atomic E-state index is 0.325. The lowest BCUT2D eigenvalue weighted by Crippen LogP contribution is -2.14. The fourth-order valence-electron chi connectivity index (χ4n) is 6.98. The summed E-state index contributed by atoms with van der Waals surface area (Å²) < 4.78 is 9.90. The number of hydrogen-bond donors (Lipinski definition) is 1. The molecule has 1 aliphatic rings. The molecule has 2 aromatic heterocycles. The number of benzene rings is 4. The van der Waals surface area contributed by atoms with E-state index in [1.54, 1.807) is 12.1 Å². The molecule has 0 aliphatic heterocycles. The third-order valence-corrected chi connectivity index (χ3v) is 9.08. The van der Waals surface area contributed by atoms with Crippen molar-refractivity contribution in [2.45, 2.75) is 71.4 Å². The minimum Gasteiger partial charge on any atom is -0.449 e. The van der Waals surface area contributed by atoms with Crippen LogP contribution in [0.5, 0.6) is 5.75 Å². The highest BCUT2D eigenvalue weighted by molar-refractivity contribution is 5.87. The molecule has 0 amide bonds. The molecule has 0 bridgehead atoms. The molecule has 0 radical (unpaired) electrons. The van der Waals surface area contributed by atoms with Crippen LogP contribution in [0.4, 0.5) is 4.79 Å². The number of fused-ring (bicyclic) bond motifs is 2. The van der Waals surface area contributed by atoms with Crippen LogP contribution in [0, 0.1) is 6.92 Å². The molecule has 1 saturated carbocycles. The van der Waals surface area contributed by atoms with E-state index < -0.39 is 6.16 Å². The van der Waals surface area contributed by atoms with Crippen molar-refractivity contribution in [3.8, 4) is 28.3 Å². The predicted molar refractivity (Wildman–Crippen MR) is 179 cm³/mol. The van der Waals surface area contributed by atoms with Gasteiger partial charge in [0.05, 0.1) is 22.1 Å². The van der Waals surface area contributed by atoms with Crippen LogP contribution in [-0.2, 0) is 13.0 Å². The zero-order valence-electron chi connectivity index (χ0n) is 25.9. The van der Waals surface area contributed by atoms with Gasteiger partial charge in [0.2, 0.25) is 0 Å². The van der Waals surface area contributed by atoms with E-state index in [0.29, 0.717) is 18.3 Å². The average Bonchev–Trinajstić information content (AvgIpc) is 3.61. The van der Waals surface area contributed by atoms with Gasteiger partial charge >= 0.3 is 6.16 Å². The maximum Gasteiger partial charge on any atom is 0.511 e. The summed E-state index contributed by atoms with van der Waals surface area (Å²) in [6.45, 7) is 5.04. The highest BCUT2D eigenvalue weighted by Crippen LogP contribution is 2.38. The Bertz CT molecular complexity index is 2000. The van der Waals surface area contributed by atoms with E-state index in [2.05, 4.69) is 71.5 Å². The number of imidazole rings is 2. The first-order valence-electron chi connectivity index (χ1n) is 16.1. The lowest BCUT2D eigenvalue weighted by Gasteiger charge is -2.25. The first-order valence-corrected chi connectivity index (χ1v) is 16.1. The smallest absolute Gasteiger partial charge is 0.449 e. The molecular formula is C38H38N4O3. The molecule has 6 aromatic rings. The normalized spacial score (nSPS) is 13.9. The van der Waals surface area contributed by atoms with Gasteiger partial charge in [-0.15, -0.1) is 0 Å². The minimum atomic E-state index is -1.32. The molecule has 2 heterocycles. The second kappa shape index (κ2) is 12.2. The lowest BCUT2D eigenvalue weighted by molar-refractivity contribution is 0.144. The Morgan fingerprint density at radius 3 is 2.42 bits per heavy atom. The zero-order chi connectivity index (χ0) is 30.9. The maximum atomic E-state index is 11.2. The number of rotatable bonds is 8. The van der Waals surface area contributed by atoms with Gasteiger partial charge in [0.1, 0.15) is 17.4 Å². The molecule has 0 spiro atoms. The van der Waals surface area contributed by atoms with Gasteiger partial charge in [0.25, 0.3) is 0 Å². The van der Waals surface area contributed by atoms with Crippen LogP contribution < -0.4 is 4.74 Å². The summed E-state index contributed by atoms with van der Waals surface area (Å²) in [6.07, 6.45) is 6.79. The van der Waals surface area contributed by atoms with Crippen LogP contribution in [0.15, 0.2) is 84.9 Å². The van der Waals surface area contributed by atoms with E-state index in [4.69, 9.17) is 14.7 Å². The first-order chi connectivity index (χ1) is 22.0. The molecule has 7 heteroatoms. The molecule has 0 saturated heterocycles. The van der Waals surface area contributed by atoms with Gasteiger partial charge in [-0.3, -0.25) is 0 Å². The largest absolute Gasteiger partial charge is 0.511 e. The van der Waals surface area contributed by atoms with E-state index >= 15 is 0 Å². The van der Waals surface area contributed by atoms with Crippen molar-refractivity contribution in [1.82, 2.24) is 19.1 Å². The van der Waals surface area contributed by atoms with Gasteiger partial charge in [0, 0.05) is 30.1 Å². The van der Waals surface area contributed by atoms with Crippen molar-refractivity contribution in [1.29, 1.82) is 0 Å². The fourth-order valence-corrected chi connectivity index (χ4v) is 6.98. The Labute approximate surface area is 263 Å². The van der Waals surface area contributed by atoms with Gasteiger partial charge in [-0.1, -0.05) is 80.8 Å². The first kappa shape index (κ1) is 28.8. The lowest BCUT2D eigenvalue weighted by atomic mass is 9.94. The van der Waals surface area contributed by atoms with E-state index in [0.717, 1.165) is 68.9 Å². The number of ether oxygens (including phenoxy) is 1. The Morgan fingerprint density at radius 1 is 0.889 bits per heavy atom. The third-order valence-electron chi connectivity index (χ3n) is 9.08. The van der Waals surface area contributed by atoms with Gasteiger partial charge in [-0.25, -0.2) is 14.8 Å². The summed E-state index contributed by atoms with van der Waals surface area (Å²) >= 11 is 0. The van der Waals surface area contributed by atoms with Crippen LogP contribution in [0.2, 0.25) is 0 Å². The number of carbonyl (C=O) groups is 1. The van der Waals surface area contributed by atoms with Gasteiger partial charge in [0.15, 0.2) is 0 Å². The molecule has 4 aromatic carbocycles. The number of nitrogens with zero attached hydrogens (tertiary/aromatic N) is 4. The summed E-state index contributed by atoms with van der Waals surface area (Å²) in [5.41, 5.74) is 9.51. The third kappa shape index (κ3) is 5.59. The summed E-state index contributed by atoms with van der Waals surface area (Å²) in [4.78, 5) is 21.6. The topological polar surface area (TPSA) is 82.2 Å². The van der Waals surface area contributed by atoms with Crippen LogP contribution in [0.3, 0.4) is 0 Å². The van der Waals surface area contributed by atoms with E-state index in [1.807, 2.05) is 24.3 Å². The van der Waals surface area contributed by atoms with Gasteiger partial charge in [-0.05, 0) is 73.2 Å². The van der Waals surface area contributed by atoms with Crippen molar-refractivity contribution >= 4 is 28.2 Å². The highest BCUT2D eigenvalue weighted by atomic mass is 16.7. The Hall–Kier alpha value is -4.91. The molecular weight excluding hydrogens is 560 g/mol. The number of para-hydroxylation sites is 3. The van der Waals surface area contributed by atoms with Gasteiger partial charge < -0.3 is 19.0 Å². The molecule has 7 nitrogen and oxygen atoms in total. The highest BCUT2D eigenvalue weighted by Gasteiger charge is 2.24. The van der Waals surface area contributed by atoms with Crippen LogP contribution in [0.25, 0.3) is 44.6 Å². The SMILES string of the molecule is CCCc1nc2c(C)cc(-c3nc4ccccc4n3C3CCCCC3)cc2n1Cc1ccc(-c2ccccc2OC(=O)O)cc1. The quantitative estimate of drug-likeness (QED) is 0.139. The molecule has 228 valence electrons. The number of aromatic nitrogens is 4. The molecule has 1 N–H and O–H groups in total. The standard InChI is InChI=1S/C38H38N4O3/c1-3-11-35-40-36-25(2)22-28(37-39-31-15-8-9-16-32(31)42(37)29-12-5-4-6-13-29)23-33(36)41(35)24-26-18-20-27(21-19-26)30-14-7-10-17-34(30)45-38(43)44/h7-10,14-23,29H,3-6,11-13,24H2,1-2H3,(H,43,44). The summed E-state index contributed by atoms with van der Waals surface area (Å²) in [6, 6.07) is 29.0. The number of hydrogen-bond acceptors (Lipinski definition) is 4. The summed E-state index contributed by atoms with van der Waals surface area (Å²) in [7, 11) is 0. The molecule has 7 rings (SSSR count). The van der Waals surface area contributed by atoms with Crippen LogP contribution >= 0.6 is 0 Å². The second-order valence-corrected chi connectivity index (χ2v) is 12.2. The van der Waals surface area contributed by atoms with E-state index in [1.165, 1.54) is 37.6 Å². The van der Waals surface area contributed by atoms with Crippen LogP contribution in [0.1, 0.15) is 68.4 Å². The van der Waals surface area contributed by atoms with Crippen molar-refractivity contribution < 1.29 is 14.6 Å². The second-order valence-electron chi connectivity index (χ2n) is 12.2. The molecule has 0 unspecified atom stereocenters. The Balaban J connectivity index is 1.30. The molecule has 1 fully saturated rings. The Morgan fingerprint density at radius 2 is 1.64 bits per heavy atom.